The first-order valence-corrected chi connectivity index (χ1v) is 24.1. The third-order valence-electron chi connectivity index (χ3n) is 10.7. The van der Waals surface area contributed by atoms with Gasteiger partial charge in [-0.1, -0.05) is 35.7 Å². The first-order valence-electron chi connectivity index (χ1n) is 19.8. The number of ether oxygens (including phenoxy) is 2. The van der Waals surface area contributed by atoms with E-state index in [4.69, 9.17) is 18.5 Å². The molecule has 60 heavy (non-hydrogen) atoms. The number of aromatic nitrogens is 1. The second kappa shape index (κ2) is 21.2. The summed E-state index contributed by atoms with van der Waals surface area (Å²) >= 11 is 2.71. The second-order valence-corrected chi connectivity index (χ2v) is 20.1. The van der Waals surface area contributed by atoms with Gasteiger partial charge in [-0.15, -0.1) is 11.3 Å². The largest absolute Gasteiger partial charge is 0.404 e. The van der Waals surface area contributed by atoms with Crippen LogP contribution in [0.5, 0.6) is 0 Å². The van der Waals surface area contributed by atoms with Gasteiger partial charge in [-0.05, 0) is 67.3 Å². The molecule has 3 atom stereocenters. The number of carbonyl (C=O) groups is 5. The molecule has 326 valence electrons. The number of carbonyl (C=O) groups excluding carboxylic acids is 5. The number of alkyl halides is 2. The van der Waals surface area contributed by atoms with Crippen LogP contribution in [0.3, 0.4) is 0 Å². The van der Waals surface area contributed by atoms with E-state index in [0.717, 1.165) is 52.6 Å². The molecule has 3 aromatic rings. The molecule has 0 bridgehead atoms. The number of nitrogens with one attached hydrogen (secondary N) is 1. The Labute approximate surface area is 359 Å². The number of likely N-dealkylation sites (tertiary alicyclic amines) is 1. The summed E-state index contributed by atoms with van der Waals surface area (Å²) in [7, 11) is -2.37. The highest BCUT2D eigenvalue weighted by atomic mass is 32.2. The molecule has 3 saturated heterocycles. The van der Waals surface area contributed by atoms with Gasteiger partial charge in [0, 0.05) is 86.3 Å². The highest BCUT2D eigenvalue weighted by molar-refractivity contribution is 8.13. The highest BCUT2D eigenvalue weighted by Crippen LogP contribution is 2.67. The van der Waals surface area contributed by atoms with Crippen LogP contribution in [0.15, 0.2) is 48.8 Å². The number of thioether (sulfide) groups is 2. The molecule has 0 spiro atoms. The zero-order chi connectivity index (χ0) is 42.9. The van der Waals surface area contributed by atoms with Crippen LogP contribution in [0.1, 0.15) is 71.7 Å². The maximum atomic E-state index is 16.3. The Morgan fingerprint density at radius 1 is 0.933 bits per heavy atom. The molecule has 0 aliphatic carbocycles. The van der Waals surface area contributed by atoms with Crippen molar-refractivity contribution in [3.05, 3.63) is 64.8 Å². The Hall–Kier alpha value is -3.29. The first kappa shape index (κ1) is 46.2. The summed E-state index contributed by atoms with van der Waals surface area (Å²) < 4.78 is 67.4. The smallest absolute Gasteiger partial charge is 0.384 e. The van der Waals surface area contributed by atoms with Gasteiger partial charge in [-0.25, -0.2) is 0 Å². The van der Waals surface area contributed by atoms with E-state index in [1.54, 1.807) is 22.2 Å². The van der Waals surface area contributed by atoms with Gasteiger partial charge in [-0.2, -0.15) is 8.78 Å². The number of thiophene rings is 1. The van der Waals surface area contributed by atoms with E-state index in [-0.39, 0.29) is 81.8 Å². The first-order chi connectivity index (χ1) is 28.8. The number of fused-ring (bicyclic) bond motifs is 2. The Morgan fingerprint density at radius 2 is 1.62 bits per heavy atom. The fourth-order valence-corrected chi connectivity index (χ4v) is 11.5. The molecule has 6 rings (SSSR count). The standard InChI is InChI=1S/C40H49F2N4O10PS3/c1-53-15-12-35(47)58-19-17-55-57(52,56-18-20-59-36(48)13-16-54-2)40(41,42)29-8-11-33-27(21-29)22-34(60-33)37(49)44-31-7-3-6-30-9-10-32(46(30)38(31)50)39(51)45-24-28(25-45)26-5-4-14-43-23-26/h4-5,8,11,14,21-23,28,30-32H,3,6-7,9-10,12-13,15-20,24-25H2,1-2H3,(H,44,49)/t30-,31-,32-/m0/s1. The number of benzene rings is 1. The van der Waals surface area contributed by atoms with Crippen LogP contribution >= 0.6 is 42.5 Å². The topological polar surface area (TPSA) is 171 Å². The van der Waals surface area contributed by atoms with Crippen molar-refractivity contribution in [1.29, 1.82) is 0 Å². The number of methoxy groups -OCH3 is 2. The van der Waals surface area contributed by atoms with Crippen LogP contribution in [0.2, 0.25) is 0 Å². The molecular weight excluding hydrogens is 862 g/mol. The van der Waals surface area contributed by atoms with Crippen LogP contribution in [0, 0.1) is 0 Å². The molecule has 0 unspecified atom stereocenters. The van der Waals surface area contributed by atoms with Crippen molar-refractivity contribution in [2.75, 3.05) is 65.2 Å². The van der Waals surface area contributed by atoms with Crippen LogP contribution in [0.25, 0.3) is 10.1 Å². The van der Waals surface area contributed by atoms with E-state index >= 15 is 8.78 Å². The Morgan fingerprint density at radius 3 is 2.25 bits per heavy atom. The lowest BCUT2D eigenvalue weighted by atomic mass is 9.92. The van der Waals surface area contributed by atoms with Crippen LogP contribution in [-0.2, 0) is 47.9 Å². The van der Waals surface area contributed by atoms with E-state index in [2.05, 4.69) is 10.3 Å². The number of nitrogens with zero attached hydrogens (tertiary/aromatic N) is 3. The molecule has 3 amide bonds. The predicted octanol–water partition coefficient (Wildman–Crippen LogP) is 6.43. The predicted molar refractivity (Wildman–Crippen MR) is 225 cm³/mol. The van der Waals surface area contributed by atoms with E-state index in [9.17, 15) is 28.5 Å². The van der Waals surface area contributed by atoms with Crippen molar-refractivity contribution in [3.63, 3.8) is 0 Å². The van der Waals surface area contributed by atoms with Gasteiger partial charge in [0.1, 0.15) is 12.1 Å². The van der Waals surface area contributed by atoms with Crippen molar-refractivity contribution in [2.45, 2.75) is 74.7 Å². The average molecular weight is 911 g/mol. The van der Waals surface area contributed by atoms with Crippen molar-refractivity contribution in [3.8, 4) is 0 Å². The summed E-state index contributed by atoms with van der Waals surface area (Å²) in [6.07, 6.45) is 6.75. The minimum Gasteiger partial charge on any atom is -0.384 e. The van der Waals surface area contributed by atoms with Gasteiger partial charge >= 0.3 is 13.3 Å². The molecule has 1 N–H and O–H groups in total. The monoisotopic (exact) mass is 910 g/mol. The molecule has 3 fully saturated rings. The van der Waals surface area contributed by atoms with Crippen LogP contribution in [0.4, 0.5) is 8.78 Å². The molecule has 0 saturated carbocycles. The number of hydrogen-bond donors (Lipinski definition) is 1. The van der Waals surface area contributed by atoms with E-state index in [0.29, 0.717) is 49.9 Å². The molecule has 3 aliphatic rings. The van der Waals surface area contributed by atoms with E-state index in [1.807, 2.05) is 12.1 Å². The third kappa shape index (κ3) is 11.0. The second-order valence-electron chi connectivity index (χ2n) is 14.7. The maximum absolute atomic E-state index is 16.3. The van der Waals surface area contributed by atoms with Crippen molar-refractivity contribution >= 4 is 80.5 Å². The molecule has 0 radical (unpaired) electrons. The molecule has 20 heteroatoms. The summed E-state index contributed by atoms with van der Waals surface area (Å²) in [5, 5.41) is 2.62. The Balaban J connectivity index is 1.11. The maximum Gasteiger partial charge on any atom is 0.404 e. The third-order valence-corrected chi connectivity index (χ3v) is 15.6. The lowest BCUT2D eigenvalue weighted by molar-refractivity contribution is -0.148. The lowest BCUT2D eigenvalue weighted by Crippen LogP contribution is -2.58. The van der Waals surface area contributed by atoms with E-state index in [1.165, 1.54) is 26.4 Å². The summed E-state index contributed by atoms with van der Waals surface area (Å²) in [6.45, 7) is 0.516. The van der Waals surface area contributed by atoms with E-state index < -0.39 is 50.0 Å². The normalized spacial score (nSPS) is 19.9. The van der Waals surface area contributed by atoms with Crippen LogP contribution in [-0.4, -0.2) is 126 Å². The van der Waals surface area contributed by atoms with Crippen LogP contribution < -0.4 is 5.32 Å². The fraction of sp³-hybridized carbons (Fsp3) is 0.550. The summed E-state index contributed by atoms with van der Waals surface area (Å²) in [5.41, 5.74) is -3.78. The zero-order valence-electron chi connectivity index (χ0n) is 33.4. The molecular formula is C40H49F2N4O10PS3. The van der Waals surface area contributed by atoms with Gasteiger partial charge in [0.15, 0.2) is 10.2 Å². The van der Waals surface area contributed by atoms with Crippen molar-refractivity contribution in [1.82, 2.24) is 20.1 Å². The molecule has 14 nitrogen and oxygen atoms in total. The quantitative estimate of drug-likeness (QED) is 0.0973. The molecule has 1 aromatic carbocycles. The number of hydrogen-bond acceptors (Lipinski definition) is 14. The SMILES string of the molecule is COCCC(=O)SCCOP(=O)(OCCSC(=O)CCOC)C(F)(F)c1ccc2sc(C(=O)N[C@H]3CCC[C@H]4CC[C@@H](C(=O)N5CC(c6cccnc6)C5)N4C3=O)cc2c1. The number of amides is 3. The minimum atomic E-state index is -5.25. The highest BCUT2D eigenvalue weighted by Gasteiger charge is 2.55. The van der Waals surface area contributed by atoms with Gasteiger partial charge in [0.05, 0.1) is 31.3 Å². The van der Waals surface area contributed by atoms with Crippen molar-refractivity contribution < 1.29 is 55.8 Å². The number of halogens is 2. The average Bonchev–Trinajstić information content (AvgIpc) is 3.82. The summed E-state index contributed by atoms with van der Waals surface area (Å²) in [6, 6.07) is 7.30. The summed E-state index contributed by atoms with van der Waals surface area (Å²) in [4.78, 5) is 73.3. The van der Waals surface area contributed by atoms with Gasteiger partial charge in [0.2, 0.25) is 11.8 Å². The van der Waals surface area contributed by atoms with Gasteiger partial charge in [-0.3, -0.25) is 33.5 Å². The zero-order valence-corrected chi connectivity index (χ0v) is 36.7. The van der Waals surface area contributed by atoms with Gasteiger partial charge in [0.25, 0.3) is 5.91 Å². The fourth-order valence-electron chi connectivity index (χ4n) is 7.51. The molecule has 5 heterocycles. The minimum absolute atomic E-state index is 0.0666. The molecule has 2 aromatic heterocycles. The lowest BCUT2D eigenvalue weighted by Gasteiger charge is -2.42. The number of rotatable bonds is 20. The Kier molecular flexibility index (Phi) is 16.3. The van der Waals surface area contributed by atoms with Crippen molar-refractivity contribution in [2.24, 2.45) is 0 Å². The summed E-state index contributed by atoms with van der Waals surface area (Å²) in [5.74, 6) is -0.891. The number of pyridine rings is 1. The Bertz CT molecular complexity index is 2030. The van der Waals surface area contributed by atoms with Gasteiger partial charge < -0.3 is 33.6 Å². The molecule has 3 aliphatic heterocycles.